The molecule has 97 valence electrons. The van der Waals surface area contributed by atoms with E-state index in [-0.39, 0.29) is 11.7 Å². The predicted octanol–water partition coefficient (Wildman–Crippen LogP) is 4.81. The monoisotopic (exact) mass is 261 g/mol. The largest absolute Gasteiger partial charge is 0.206 e. The molecule has 0 saturated heterocycles. The Bertz CT molecular complexity index is 618. The third-order valence-electron chi connectivity index (χ3n) is 3.40. The Kier molecular flexibility index (Phi) is 3.60. The summed E-state index contributed by atoms with van der Waals surface area (Å²) in [4.78, 5) is 0. The van der Waals surface area contributed by atoms with Crippen molar-refractivity contribution in [2.24, 2.45) is 0 Å². The molecule has 0 N–H and O–H groups in total. The molecule has 0 fully saturated rings. The third kappa shape index (κ3) is 2.62. The lowest BCUT2D eigenvalue weighted by molar-refractivity contribution is 0.624. The van der Waals surface area contributed by atoms with Gasteiger partial charge >= 0.3 is 0 Å². The lowest BCUT2D eigenvalue weighted by Gasteiger charge is -2.18. The predicted molar refractivity (Wildman–Crippen MR) is 79.1 cm³/mol. The van der Waals surface area contributed by atoms with Crippen LogP contribution in [0.2, 0.25) is 0 Å². The van der Waals surface area contributed by atoms with Crippen LogP contribution in [0.5, 0.6) is 0 Å². The van der Waals surface area contributed by atoms with Crippen molar-refractivity contribution in [1.82, 2.24) is 0 Å². The smallest absolute Gasteiger partial charge is 0.131 e. The zero-order valence-electron chi connectivity index (χ0n) is 11.0. The van der Waals surface area contributed by atoms with E-state index in [2.05, 4.69) is 30.3 Å². The van der Waals surface area contributed by atoms with Crippen LogP contribution in [-0.2, 0) is 0 Å². The Hall–Kier alpha value is -2.41. The summed E-state index contributed by atoms with van der Waals surface area (Å²) in [5, 5.41) is 0. The topological polar surface area (TPSA) is 0 Å². The Labute approximate surface area is 118 Å². The van der Waals surface area contributed by atoms with E-state index < -0.39 is 0 Å². The van der Waals surface area contributed by atoms with Crippen LogP contribution in [0, 0.1) is 11.9 Å². The minimum absolute atomic E-state index is 0.106. The number of halogens is 1. The summed E-state index contributed by atoms with van der Waals surface area (Å²) in [5.74, 6) is -0.220. The molecule has 0 aliphatic heterocycles. The van der Waals surface area contributed by atoms with Gasteiger partial charge in [0, 0.05) is 12.0 Å². The van der Waals surface area contributed by atoms with Crippen molar-refractivity contribution in [2.45, 2.75) is 5.92 Å². The van der Waals surface area contributed by atoms with Crippen LogP contribution in [0.25, 0.3) is 0 Å². The molecule has 0 saturated carbocycles. The van der Waals surface area contributed by atoms with Crippen LogP contribution in [0.4, 0.5) is 4.39 Å². The molecule has 1 radical (unpaired) electrons. The summed E-state index contributed by atoms with van der Waals surface area (Å²) in [6, 6.07) is 28.2. The average molecular weight is 261 g/mol. The first-order chi connectivity index (χ1) is 9.84. The number of benzene rings is 3. The van der Waals surface area contributed by atoms with Gasteiger partial charge in [0.1, 0.15) is 5.82 Å². The Balaban J connectivity index is 2.11. The van der Waals surface area contributed by atoms with Crippen molar-refractivity contribution >= 4 is 0 Å². The first-order valence-corrected chi connectivity index (χ1v) is 6.61. The molecule has 3 rings (SSSR count). The van der Waals surface area contributed by atoms with Gasteiger partial charge in [-0.15, -0.1) is 0 Å². The van der Waals surface area contributed by atoms with E-state index in [0.29, 0.717) is 0 Å². The fourth-order valence-corrected chi connectivity index (χ4v) is 2.47. The maximum absolute atomic E-state index is 13.1. The first kappa shape index (κ1) is 12.6. The molecule has 0 nitrogen and oxygen atoms in total. The number of hydrogen-bond donors (Lipinski definition) is 0. The highest BCUT2D eigenvalue weighted by atomic mass is 19.1. The second kappa shape index (κ2) is 5.70. The molecular formula is C19H14F. The molecule has 1 heteroatoms. The highest BCUT2D eigenvalue weighted by Crippen LogP contribution is 2.31. The maximum atomic E-state index is 13.1. The normalized spacial score (nSPS) is 10.7. The molecule has 3 aromatic carbocycles. The SMILES string of the molecule is Fc1[c]cc(C(c2ccccc2)c2ccccc2)cc1. The molecule has 0 atom stereocenters. The van der Waals surface area contributed by atoms with E-state index in [0.717, 1.165) is 5.56 Å². The highest BCUT2D eigenvalue weighted by Gasteiger charge is 2.16. The second-order valence-electron chi connectivity index (χ2n) is 4.72. The van der Waals surface area contributed by atoms with Crippen molar-refractivity contribution in [2.75, 3.05) is 0 Å². The second-order valence-corrected chi connectivity index (χ2v) is 4.72. The van der Waals surface area contributed by atoms with Crippen molar-refractivity contribution in [3.63, 3.8) is 0 Å². The summed E-state index contributed by atoms with van der Waals surface area (Å²) in [7, 11) is 0. The Morgan fingerprint density at radius 2 is 1.20 bits per heavy atom. The summed E-state index contributed by atoms with van der Waals surface area (Å²) in [6.45, 7) is 0. The van der Waals surface area contributed by atoms with Crippen molar-refractivity contribution in [3.05, 3.63) is 107 Å². The summed E-state index contributed by atoms with van der Waals surface area (Å²) in [5.41, 5.74) is 3.43. The quantitative estimate of drug-likeness (QED) is 0.594. The minimum Gasteiger partial charge on any atom is -0.206 e. The van der Waals surface area contributed by atoms with Gasteiger partial charge in [-0.05, 0) is 28.8 Å². The zero-order valence-corrected chi connectivity index (χ0v) is 11.0. The standard InChI is InChI=1S/C19H14F/c20-18-13-11-17(12-14-18)19(15-7-3-1-4-8-15)16-9-5-2-6-10-16/h1-13,19H. The van der Waals surface area contributed by atoms with Gasteiger partial charge in [0.15, 0.2) is 0 Å². The van der Waals surface area contributed by atoms with E-state index in [1.54, 1.807) is 6.07 Å². The number of rotatable bonds is 3. The van der Waals surface area contributed by atoms with Crippen LogP contribution >= 0.6 is 0 Å². The molecular weight excluding hydrogens is 247 g/mol. The first-order valence-electron chi connectivity index (χ1n) is 6.61. The van der Waals surface area contributed by atoms with Gasteiger partial charge < -0.3 is 0 Å². The summed E-state index contributed by atoms with van der Waals surface area (Å²) >= 11 is 0. The van der Waals surface area contributed by atoms with Gasteiger partial charge in [-0.1, -0.05) is 66.7 Å². The van der Waals surface area contributed by atoms with Gasteiger partial charge in [-0.2, -0.15) is 0 Å². The van der Waals surface area contributed by atoms with Crippen molar-refractivity contribution < 1.29 is 4.39 Å². The molecule has 0 heterocycles. The fourth-order valence-electron chi connectivity index (χ4n) is 2.47. The van der Waals surface area contributed by atoms with E-state index in [9.17, 15) is 4.39 Å². The van der Waals surface area contributed by atoms with Crippen LogP contribution in [-0.4, -0.2) is 0 Å². The molecule has 0 aliphatic carbocycles. The lowest BCUT2D eigenvalue weighted by Crippen LogP contribution is -2.03. The van der Waals surface area contributed by atoms with Crippen LogP contribution in [0.15, 0.2) is 78.9 Å². The van der Waals surface area contributed by atoms with Crippen LogP contribution in [0.3, 0.4) is 0 Å². The minimum atomic E-state index is -0.325. The molecule has 20 heavy (non-hydrogen) atoms. The van der Waals surface area contributed by atoms with E-state index >= 15 is 0 Å². The van der Waals surface area contributed by atoms with Gasteiger partial charge in [0.2, 0.25) is 0 Å². The van der Waals surface area contributed by atoms with Gasteiger partial charge in [-0.3, -0.25) is 0 Å². The average Bonchev–Trinajstić information content (AvgIpc) is 2.52. The van der Waals surface area contributed by atoms with E-state index in [1.807, 2.05) is 42.5 Å². The van der Waals surface area contributed by atoms with Crippen LogP contribution in [0.1, 0.15) is 22.6 Å². The fraction of sp³-hybridized carbons (Fsp3) is 0.0526. The van der Waals surface area contributed by atoms with E-state index in [1.165, 1.54) is 17.2 Å². The van der Waals surface area contributed by atoms with E-state index in [4.69, 9.17) is 0 Å². The molecule has 0 bridgehead atoms. The number of hydrogen-bond acceptors (Lipinski definition) is 0. The molecule has 0 aliphatic rings. The summed E-state index contributed by atoms with van der Waals surface area (Å²) < 4.78 is 13.1. The Morgan fingerprint density at radius 3 is 1.65 bits per heavy atom. The van der Waals surface area contributed by atoms with Gasteiger partial charge in [0.25, 0.3) is 0 Å². The molecule has 0 aromatic heterocycles. The molecule has 0 spiro atoms. The molecule has 3 aromatic rings. The Morgan fingerprint density at radius 1 is 0.650 bits per heavy atom. The molecule has 0 amide bonds. The zero-order chi connectivity index (χ0) is 13.8. The third-order valence-corrected chi connectivity index (χ3v) is 3.40. The highest BCUT2D eigenvalue weighted by molar-refractivity contribution is 5.42. The maximum Gasteiger partial charge on any atom is 0.131 e. The molecule has 0 unspecified atom stereocenters. The van der Waals surface area contributed by atoms with Gasteiger partial charge in [0.05, 0.1) is 0 Å². The lowest BCUT2D eigenvalue weighted by atomic mass is 9.85. The van der Waals surface area contributed by atoms with Crippen molar-refractivity contribution in [1.29, 1.82) is 0 Å². The van der Waals surface area contributed by atoms with Gasteiger partial charge in [-0.25, -0.2) is 4.39 Å². The summed E-state index contributed by atoms with van der Waals surface area (Å²) in [6.07, 6.45) is 0. The van der Waals surface area contributed by atoms with Crippen molar-refractivity contribution in [3.8, 4) is 0 Å². The van der Waals surface area contributed by atoms with Crippen LogP contribution < -0.4 is 0 Å².